The van der Waals surface area contributed by atoms with E-state index in [4.69, 9.17) is 0 Å². The zero-order valence-corrected chi connectivity index (χ0v) is 17.8. The Kier molecular flexibility index (Phi) is 4.98. The summed E-state index contributed by atoms with van der Waals surface area (Å²) >= 11 is 1.74. The maximum Gasteiger partial charge on any atom is 0.264 e. The Bertz CT molecular complexity index is 1120. The number of nitrogens with zero attached hydrogens (tertiary/aromatic N) is 1. The highest BCUT2D eigenvalue weighted by molar-refractivity contribution is 7.99. The second-order valence-electron chi connectivity index (χ2n) is 7.28. The van der Waals surface area contributed by atoms with E-state index >= 15 is 0 Å². The van der Waals surface area contributed by atoms with Crippen molar-refractivity contribution in [3.63, 3.8) is 0 Å². The van der Waals surface area contributed by atoms with E-state index in [1.54, 1.807) is 28.2 Å². The molecule has 3 aromatic carbocycles. The quantitative estimate of drug-likeness (QED) is 0.558. The molecule has 28 heavy (non-hydrogen) atoms. The summed E-state index contributed by atoms with van der Waals surface area (Å²) in [5, 5.41) is 0.0674. The molecule has 1 unspecified atom stereocenters. The van der Waals surface area contributed by atoms with Crippen molar-refractivity contribution in [2.24, 2.45) is 0 Å². The fourth-order valence-electron chi connectivity index (χ4n) is 3.58. The molecule has 0 aliphatic carbocycles. The summed E-state index contributed by atoms with van der Waals surface area (Å²) in [5.41, 5.74) is 5.36. The molecule has 3 aromatic rings. The number of hydrogen-bond donors (Lipinski definition) is 0. The first-order chi connectivity index (χ1) is 13.4. The van der Waals surface area contributed by atoms with Crippen LogP contribution in [0.1, 0.15) is 27.5 Å². The number of fused-ring (bicyclic) bond motifs is 1. The van der Waals surface area contributed by atoms with Crippen molar-refractivity contribution >= 4 is 27.5 Å². The lowest BCUT2D eigenvalue weighted by Crippen LogP contribution is -2.29. The molecule has 0 fully saturated rings. The molecular formula is C23H23NO2S2. The van der Waals surface area contributed by atoms with Gasteiger partial charge in [-0.25, -0.2) is 8.42 Å². The second kappa shape index (κ2) is 7.30. The Labute approximate surface area is 171 Å². The molecule has 0 N–H and O–H groups in total. The van der Waals surface area contributed by atoms with Gasteiger partial charge < -0.3 is 0 Å². The molecule has 0 spiro atoms. The predicted octanol–water partition coefficient (Wildman–Crippen LogP) is 5.65. The Hall–Kier alpha value is -2.24. The number of benzene rings is 3. The number of hydrogen-bond acceptors (Lipinski definition) is 3. The zero-order chi connectivity index (χ0) is 19.9. The van der Waals surface area contributed by atoms with Gasteiger partial charge >= 0.3 is 0 Å². The molecule has 1 atom stereocenters. The Morgan fingerprint density at radius 2 is 1.57 bits per heavy atom. The molecule has 0 radical (unpaired) electrons. The van der Waals surface area contributed by atoms with Gasteiger partial charge in [0.15, 0.2) is 0 Å². The standard InChI is InChI=1S/C23H23NO2S2/c1-16-8-11-19(12-9-16)28(25,26)24-15-23(20-6-4-5-7-21(20)24)27-22-13-10-17(2)14-18(22)3/h4-14,23H,15H2,1-3H3. The van der Waals surface area contributed by atoms with Gasteiger partial charge in [0, 0.05) is 4.90 Å². The van der Waals surface area contributed by atoms with Crippen LogP contribution in [0.25, 0.3) is 0 Å². The first-order valence-electron chi connectivity index (χ1n) is 9.28. The molecule has 1 heterocycles. The molecule has 1 aliphatic rings. The lowest BCUT2D eigenvalue weighted by Gasteiger charge is -2.20. The van der Waals surface area contributed by atoms with E-state index in [2.05, 4.69) is 32.0 Å². The third-order valence-electron chi connectivity index (χ3n) is 5.09. The van der Waals surface area contributed by atoms with E-state index in [-0.39, 0.29) is 5.25 Å². The van der Waals surface area contributed by atoms with E-state index in [9.17, 15) is 8.42 Å². The SMILES string of the molecule is Cc1ccc(S(=O)(=O)N2CC(Sc3ccc(C)cc3C)c3ccccc32)cc1. The van der Waals surface area contributed by atoms with Gasteiger partial charge in [0.2, 0.25) is 0 Å². The number of para-hydroxylation sites is 1. The van der Waals surface area contributed by atoms with E-state index < -0.39 is 10.0 Å². The molecule has 0 aromatic heterocycles. The smallest absolute Gasteiger partial charge is 0.264 e. The predicted molar refractivity (Wildman–Crippen MR) is 117 cm³/mol. The van der Waals surface area contributed by atoms with E-state index in [1.165, 1.54) is 16.0 Å². The summed E-state index contributed by atoms with van der Waals surface area (Å²) in [7, 11) is -3.59. The normalized spacial score (nSPS) is 16.2. The van der Waals surface area contributed by atoms with Crippen LogP contribution in [0.5, 0.6) is 0 Å². The van der Waals surface area contributed by atoms with Gasteiger partial charge in [0.05, 0.1) is 22.4 Å². The van der Waals surface area contributed by atoms with Crippen LogP contribution in [0.15, 0.2) is 76.5 Å². The largest absolute Gasteiger partial charge is 0.265 e. The number of sulfonamides is 1. The molecule has 0 saturated heterocycles. The monoisotopic (exact) mass is 409 g/mol. The van der Waals surface area contributed by atoms with Crippen molar-refractivity contribution < 1.29 is 8.42 Å². The van der Waals surface area contributed by atoms with Crippen molar-refractivity contribution in [3.05, 3.63) is 89.0 Å². The minimum atomic E-state index is -3.59. The summed E-state index contributed by atoms with van der Waals surface area (Å²) in [5.74, 6) is 0. The van der Waals surface area contributed by atoms with Crippen molar-refractivity contribution in [2.75, 3.05) is 10.8 Å². The molecule has 144 valence electrons. The Balaban J connectivity index is 1.70. The van der Waals surface area contributed by atoms with E-state index in [1.807, 2.05) is 43.3 Å². The van der Waals surface area contributed by atoms with Crippen LogP contribution in [-0.2, 0) is 10.0 Å². The summed E-state index contributed by atoms with van der Waals surface area (Å²) in [6.07, 6.45) is 0. The van der Waals surface area contributed by atoms with Gasteiger partial charge in [-0.3, -0.25) is 4.31 Å². The second-order valence-corrected chi connectivity index (χ2v) is 10.4. The van der Waals surface area contributed by atoms with E-state index in [0.29, 0.717) is 11.4 Å². The van der Waals surface area contributed by atoms with Crippen LogP contribution in [0, 0.1) is 20.8 Å². The molecule has 5 heteroatoms. The van der Waals surface area contributed by atoms with Gasteiger partial charge in [0.1, 0.15) is 0 Å². The highest BCUT2D eigenvalue weighted by Gasteiger charge is 2.37. The summed E-state index contributed by atoms with van der Waals surface area (Å²) in [4.78, 5) is 1.53. The van der Waals surface area contributed by atoms with Gasteiger partial charge in [-0.05, 0) is 56.2 Å². The number of anilines is 1. The molecule has 0 bridgehead atoms. The molecule has 3 nitrogen and oxygen atoms in total. The minimum Gasteiger partial charge on any atom is -0.265 e. The van der Waals surface area contributed by atoms with Crippen LogP contribution in [0.4, 0.5) is 5.69 Å². The molecular weight excluding hydrogens is 386 g/mol. The lowest BCUT2D eigenvalue weighted by molar-refractivity contribution is 0.592. The summed E-state index contributed by atoms with van der Waals surface area (Å²) < 4.78 is 28.2. The average Bonchev–Trinajstić information content (AvgIpc) is 3.04. The Morgan fingerprint density at radius 3 is 2.29 bits per heavy atom. The van der Waals surface area contributed by atoms with Gasteiger partial charge in [-0.15, -0.1) is 11.8 Å². The number of rotatable bonds is 4. The fraction of sp³-hybridized carbons (Fsp3) is 0.217. The minimum absolute atomic E-state index is 0.0674. The van der Waals surface area contributed by atoms with Crippen molar-refractivity contribution in [2.45, 2.75) is 35.8 Å². The van der Waals surface area contributed by atoms with Crippen LogP contribution in [-0.4, -0.2) is 15.0 Å². The summed E-state index contributed by atoms with van der Waals surface area (Å²) in [6, 6.07) is 21.3. The topological polar surface area (TPSA) is 37.4 Å². The maximum atomic E-state index is 13.3. The summed E-state index contributed by atoms with van der Waals surface area (Å²) in [6.45, 7) is 6.59. The molecule has 4 rings (SSSR count). The van der Waals surface area contributed by atoms with Crippen LogP contribution < -0.4 is 4.31 Å². The maximum absolute atomic E-state index is 13.3. The number of aryl methyl sites for hydroxylation is 3. The Morgan fingerprint density at radius 1 is 0.893 bits per heavy atom. The third kappa shape index (κ3) is 3.45. The number of thioether (sulfide) groups is 1. The third-order valence-corrected chi connectivity index (χ3v) is 8.29. The highest BCUT2D eigenvalue weighted by atomic mass is 32.2. The first-order valence-corrected chi connectivity index (χ1v) is 11.6. The van der Waals surface area contributed by atoms with Crippen molar-refractivity contribution in [1.82, 2.24) is 0 Å². The van der Waals surface area contributed by atoms with Gasteiger partial charge in [0.25, 0.3) is 10.0 Å². The lowest BCUT2D eigenvalue weighted by atomic mass is 10.1. The van der Waals surface area contributed by atoms with Crippen molar-refractivity contribution in [3.8, 4) is 0 Å². The zero-order valence-electron chi connectivity index (χ0n) is 16.2. The molecule has 0 amide bonds. The van der Waals surface area contributed by atoms with Crippen LogP contribution >= 0.6 is 11.8 Å². The fourth-order valence-corrected chi connectivity index (χ4v) is 6.43. The highest BCUT2D eigenvalue weighted by Crippen LogP contribution is 2.47. The molecule has 1 aliphatic heterocycles. The van der Waals surface area contributed by atoms with Gasteiger partial charge in [-0.2, -0.15) is 0 Å². The van der Waals surface area contributed by atoms with E-state index in [0.717, 1.165) is 16.8 Å². The first kappa shape index (κ1) is 19.1. The van der Waals surface area contributed by atoms with Crippen molar-refractivity contribution in [1.29, 1.82) is 0 Å². The molecule has 0 saturated carbocycles. The van der Waals surface area contributed by atoms with Gasteiger partial charge in [-0.1, -0.05) is 53.6 Å². The van der Waals surface area contributed by atoms with Crippen LogP contribution in [0.2, 0.25) is 0 Å². The van der Waals surface area contributed by atoms with Crippen LogP contribution in [0.3, 0.4) is 0 Å². The average molecular weight is 410 g/mol.